The first-order valence-electron chi connectivity index (χ1n) is 31.2. The number of amides is 8. The molecule has 95 heavy (non-hydrogen) atoms. The number of aliphatic hydroxyl groups excluding tert-OH is 9. The summed E-state index contributed by atoms with van der Waals surface area (Å²) in [7, 11) is -4.74. The maximum absolute atomic E-state index is 13.9. The minimum absolute atomic E-state index is 0.00117. The van der Waals surface area contributed by atoms with Gasteiger partial charge in [-0.05, 0) is 25.7 Å². The first kappa shape index (κ1) is 82.5. The second-order valence-electron chi connectivity index (χ2n) is 22.7. The third-order valence-electron chi connectivity index (χ3n) is 15.2. The second-order valence-corrected chi connectivity index (χ2v) is 23.9. The largest absolute Gasteiger partial charge is 0.469 e. The van der Waals surface area contributed by atoms with Crippen LogP contribution in [0.4, 0.5) is 0 Å². The van der Waals surface area contributed by atoms with E-state index in [2.05, 4.69) is 31.9 Å². The predicted molar refractivity (Wildman–Crippen MR) is 320 cm³/mol. The minimum Gasteiger partial charge on any atom is -0.394 e. The molecule has 17 N–H and O–H groups in total. The van der Waals surface area contributed by atoms with E-state index in [-0.39, 0.29) is 163 Å². The Morgan fingerprint density at radius 3 is 1.21 bits per heavy atom. The number of aliphatic hydroxyl groups is 9. The molecule has 0 radical (unpaired) electrons. The zero-order valence-corrected chi connectivity index (χ0v) is 54.4. The lowest BCUT2D eigenvalue weighted by Gasteiger charge is -2.42. The third-order valence-corrected chi connectivity index (χ3v) is 15.7. The molecule has 4 aliphatic rings. The van der Waals surface area contributed by atoms with Gasteiger partial charge in [-0.15, -0.1) is 0 Å². The van der Waals surface area contributed by atoms with E-state index in [1.54, 1.807) is 0 Å². The number of nitrogens with one attached hydrogen (secondary N) is 6. The van der Waals surface area contributed by atoms with Gasteiger partial charge < -0.3 is 140 Å². The van der Waals surface area contributed by atoms with E-state index in [4.69, 9.17) is 47.2 Å². The molecule has 15 unspecified atom stereocenters. The van der Waals surface area contributed by atoms with E-state index in [9.17, 15) is 98.7 Å². The summed E-state index contributed by atoms with van der Waals surface area (Å²) in [6.45, 7) is -0.236. The molecule has 0 aromatic carbocycles. The highest BCUT2D eigenvalue weighted by atomic mass is 31.2. The molecule has 4 rings (SSSR count). The minimum atomic E-state index is -4.74. The first-order chi connectivity index (χ1) is 45.2. The molecule has 0 spiro atoms. The molecule has 0 bridgehead atoms. The lowest BCUT2D eigenvalue weighted by atomic mass is 9.97. The number of hydrogen-bond donors (Lipinski definition) is 17. The van der Waals surface area contributed by atoms with Gasteiger partial charge in [-0.1, -0.05) is 0 Å². The number of ether oxygens (including phenoxy) is 9. The van der Waals surface area contributed by atoms with Crippen LogP contribution in [0, 0.1) is 0 Å². The van der Waals surface area contributed by atoms with Gasteiger partial charge in [0, 0.05) is 79.4 Å². The Morgan fingerprint density at radius 2 is 0.863 bits per heavy atom. The van der Waals surface area contributed by atoms with Crippen LogP contribution in [-0.2, 0) is 90.1 Å². The zero-order valence-electron chi connectivity index (χ0n) is 53.5. The van der Waals surface area contributed by atoms with Crippen molar-refractivity contribution in [1.82, 2.24) is 46.6 Å². The standard InChI is InChI=1S/C55H98N9O30P/c1-32(68)59-44-50(79)47(76)36(29-65)91-53(44)88-23-20-85-17-10-56-39(71)26-62(27-40(72)57-11-18-86-21-24-89-54-45(60-33(2)69)51(80)48(77)37(30-66)92-54)13-5-14-64(43(75)7-4-6-42(74)63-15-8-35(9-16-63)94-95(82,83)84)28-41(73)58-12-19-87-22-25-90-55-46(61-34(3)70)52(81)49(78)38(31-67)93-55/h35-38,44-55,65-67,76-81H,4-31H2,1-3H3,(H,56,71)(H,57,72)(H,58,73)(H,59,68)(H,60,69)(H,61,70)(H2,82,83,84). The molecular weight excluding hydrogens is 1300 g/mol. The quantitative estimate of drug-likeness (QED) is 0.0199. The Hall–Kier alpha value is -4.89. The highest BCUT2D eigenvalue weighted by Crippen LogP contribution is 2.40. The van der Waals surface area contributed by atoms with Crippen LogP contribution in [0.15, 0.2) is 0 Å². The third kappa shape index (κ3) is 30.0. The summed E-state index contributed by atoms with van der Waals surface area (Å²) in [5.41, 5.74) is 0. The molecule has 4 heterocycles. The van der Waals surface area contributed by atoms with E-state index in [1.165, 1.54) is 35.5 Å². The number of piperidine rings is 1. The van der Waals surface area contributed by atoms with E-state index in [0.29, 0.717) is 0 Å². The van der Waals surface area contributed by atoms with Gasteiger partial charge >= 0.3 is 7.82 Å². The van der Waals surface area contributed by atoms with Crippen LogP contribution < -0.4 is 31.9 Å². The Labute approximate surface area is 548 Å². The van der Waals surface area contributed by atoms with Gasteiger partial charge in [0.1, 0.15) is 73.1 Å². The van der Waals surface area contributed by atoms with Crippen molar-refractivity contribution in [3.63, 3.8) is 0 Å². The smallest absolute Gasteiger partial charge is 0.394 e. The van der Waals surface area contributed by atoms with Gasteiger partial charge in [-0.3, -0.25) is 47.8 Å². The Bertz CT molecular complexity index is 2330. The van der Waals surface area contributed by atoms with Gasteiger partial charge in [-0.2, -0.15) is 0 Å². The Kier molecular flexibility index (Phi) is 37.8. The summed E-state index contributed by atoms with van der Waals surface area (Å²) < 4.78 is 66.4. The van der Waals surface area contributed by atoms with Gasteiger partial charge in [0.25, 0.3) is 0 Å². The number of likely N-dealkylation sites (tertiary alicyclic amines) is 1. The molecule has 4 fully saturated rings. The lowest BCUT2D eigenvalue weighted by Crippen LogP contribution is -2.64. The highest BCUT2D eigenvalue weighted by Gasteiger charge is 2.48. The highest BCUT2D eigenvalue weighted by molar-refractivity contribution is 7.46. The lowest BCUT2D eigenvalue weighted by molar-refractivity contribution is -0.272. The maximum atomic E-state index is 13.9. The number of carbonyl (C=O) groups is 8. The summed E-state index contributed by atoms with van der Waals surface area (Å²) in [5, 5.41) is 107. The summed E-state index contributed by atoms with van der Waals surface area (Å²) in [5.74, 6) is -4.19. The van der Waals surface area contributed by atoms with Crippen molar-refractivity contribution in [2.24, 2.45) is 0 Å². The number of phosphoric ester groups is 1. The number of carbonyl (C=O) groups excluding carboxylic acids is 8. The average Bonchev–Trinajstić information content (AvgIpc) is 0.882. The number of phosphoric acid groups is 1. The van der Waals surface area contributed by atoms with Gasteiger partial charge in [0.2, 0.25) is 47.3 Å². The first-order valence-corrected chi connectivity index (χ1v) is 32.8. The van der Waals surface area contributed by atoms with Crippen molar-refractivity contribution in [2.45, 2.75) is 157 Å². The number of nitrogens with zero attached hydrogens (tertiary/aromatic N) is 3. The molecule has 548 valence electrons. The fourth-order valence-electron chi connectivity index (χ4n) is 10.5. The van der Waals surface area contributed by atoms with Gasteiger partial charge in [-0.25, -0.2) is 4.57 Å². The second kappa shape index (κ2) is 43.5. The monoisotopic (exact) mass is 1400 g/mol. The van der Waals surface area contributed by atoms with Crippen molar-refractivity contribution in [2.75, 3.05) is 145 Å². The molecule has 0 aromatic rings. The molecule has 4 aliphatic heterocycles. The topological polar surface area (TPSA) is 550 Å². The van der Waals surface area contributed by atoms with Gasteiger partial charge in [0.05, 0.1) is 105 Å². The molecule has 40 heteroatoms. The molecule has 8 amide bonds. The van der Waals surface area contributed by atoms with Crippen molar-refractivity contribution in [1.29, 1.82) is 0 Å². The summed E-state index contributed by atoms with van der Waals surface area (Å²) in [4.78, 5) is 125. The van der Waals surface area contributed by atoms with Crippen LogP contribution in [0.2, 0.25) is 0 Å². The average molecular weight is 1400 g/mol. The fourth-order valence-corrected chi connectivity index (χ4v) is 11.1. The molecule has 0 aliphatic carbocycles. The van der Waals surface area contributed by atoms with Crippen molar-refractivity contribution < 1.29 is 146 Å². The van der Waals surface area contributed by atoms with Crippen LogP contribution in [0.3, 0.4) is 0 Å². The van der Waals surface area contributed by atoms with Crippen molar-refractivity contribution in [3.05, 3.63) is 0 Å². The van der Waals surface area contributed by atoms with Gasteiger partial charge in [0.15, 0.2) is 18.9 Å². The van der Waals surface area contributed by atoms with Crippen LogP contribution in [0.25, 0.3) is 0 Å². The number of hydrogen-bond acceptors (Lipinski definition) is 29. The van der Waals surface area contributed by atoms with E-state index >= 15 is 0 Å². The van der Waals surface area contributed by atoms with Crippen molar-refractivity contribution in [3.8, 4) is 0 Å². The van der Waals surface area contributed by atoms with Crippen LogP contribution in [0.5, 0.6) is 0 Å². The van der Waals surface area contributed by atoms with Crippen LogP contribution in [0.1, 0.15) is 59.3 Å². The SMILES string of the molecule is CC(=O)NC1C(OCCOCCNC(=O)CN(CCCN(CC(=O)NCCOCCOC2OC(CO)C(O)C(O)C2NC(C)=O)C(=O)CCCC(=O)N2CCC(OP(=O)(O)O)CC2)CC(=O)NCCOCCOC2OC(CO)C(O)C(O)C2NC(C)=O)OC(CO)C(O)C1O. The fraction of sp³-hybridized carbons (Fsp3) is 0.855. The Morgan fingerprint density at radius 1 is 0.495 bits per heavy atom. The zero-order chi connectivity index (χ0) is 70.2. The normalized spacial score (nSPS) is 27.3. The predicted octanol–water partition coefficient (Wildman–Crippen LogP) is -9.94. The molecule has 39 nitrogen and oxygen atoms in total. The summed E-state index contributed by atoms with van der Waals surface area (Å²) in [6.07, 6.45) is -17.1. The molecule has 0 aromatic heterocycles. The molecule has 15 atom stereocenters. The Balaban J connectivity index is 1.35. The molecule has 4 saturated heterocycles. The summed E-state index contributed by atoms with van der Waals surface area (Å²) in [6, 6.07) is -3.53. The van der Waals surface area contributed by atoms with Crippen LogP contribution >= 0.6 is 7.82 Å². The summed E-state index contributed by atoms with van der Waals surface area (Å²) >= 11 is 0. The maximum Gasteiger partial charge on any atom is 0.469 e. The molecular formula is C55H98N9O30P. The van der Waals surface area contributed by atoms with Crippen LogP contribution in [-0.4, -0.2) is 360 Å². The van der Waals surface area contributed by atoms with E-state index in [0.717, 1.165) is 0 Å². The number of rotatable bonds is 43. The van der Waals surface area contributed by atoms with Crippen molar-refractivity contribution >= 4 is 55.1 Å². The van der Waals surface area contributed by atoms with E-state index in [1.807, 2.05) is 0 Å². The van der Waals surface area contributed by atoms with E-state index < -0.39 is 174 Å². The molecule has 0 saturated carbocycles.